The predicted molar refractivity (Wildman–Crippen MR) is 112 cm³/mol. The van der Waals surface area contributed by atoms with E-state index in [9.17, 15) is 9.59 Å². The van der Waals surface area contributed by atoms with Gasteiger partial charge < -0.3 is 14.5 Å². The Labute approximate surface area is 168 Å². The first kappa shape index (κ1) is 20.4. The monoisotopic (exact) mass is 384 g/mol. The summed E-state index contributed by atoms with van der Waals surface area (Å²) in [6, 6.07) is 6.62. The number of hydrogen-bond donors (Lipinski definition) is 0. The molecule has 0 N–H and O–H groups in total. The van der Waals surface area contributed by atoms with Gasteiger partial charge in [0, 0.05) is 31.7 Å². The standard InChI is InChI=1S/C23H32N2O3/c1-15-13-20-14-19(7-8-21(20)25(16(15)2)17(3)26)18-9-11-24(12-10-18)22(27)28-23(4,5)6/h7-9,14-16H,10-13H2,1-6H3/t15?,16-/m0/s1. The molecule has 0 radical (unpaired) electrons. The van der Waals surface area contributed by atoms with E-state index in [1.54, 1.807) is 11.8 Å². The largest absolute Gasteiger partial charge is 0.444 e. The molecule has 2 aliphatic heterocycles. The molecule has 1 unspecified atom stereocenters. The zero-order valence-electron chi connectivity index (χ0n) is 17.9. The molecule has 0 saturated carbocycles. The highest BCUT2D eigenvalue weighted by Crippen LogP contribution is 2.36. The van der Waals surface area contributed by atoms with Crippen molar-refractivity contribution in [1.82, 2.24) is 4.90 Å². The van der Waals surface area contributed by atoms with Gasteiger partial charge in [0.15, 0.2) is 0 Å². The van der Waals surface area contributed by atoms with E-state index in [-0.39, 0.29) is 18.0 Å². The molecule has 5 heteroatoms. The SMILES string of the molecule is CC(=O)N1c2ccc(C3=CCN(C(=O)OC(C)(C)C)CC3)cc2CC(C)[C@@H]1C. The van der Waals surface area contributed by atoms with Crippen LogP contribution in [0.2, 0.25) is 0 Å². The van der Waals surface area contributed by atoms with Crippen LogP contribution in [-0.4, -0.2) is 41.6 Å². The van der Waals surface area contributed by atoms with Gasteiger partial charge in [-0.25, -0.2) is 4.79 Å². The summed E-state index contributed by atoms with van der Waals surface area (Å²) in [4.78, 5) is 28.1. The zero-order valence-corrected chi connectivity index (χ0v) is 17.9. The molecule has 0 aliphatic carbocycles. The first-order valence-corrected chi connectivity index (χ1v) is 10.2. The van der Waals surface area contributed by atoms with Crippen LogP contribution in [0.25, 0.3) is 5.57 Å². The molecule has 0 fully saturated rings. The van der Waals surface area contributed by atoms with Crippen molar-refractivity contribution in [1.29, 1.82) is 0 Å². The Balaban J connectivity index is 1.78. The Morgan fingerprint density at radius 2 is 1.89 bits per heavy atom. The van der Waals surface area contributed by atoms with Gasteiger partial charge in [-0.05, 0) is 75.3 Å². The van der Waals surface area contributed by atoms with E-state index >= 15 is 0 Å². The maximum atomic E-state index is 12.3. The maximum absolute atomic E-state index is 12.3. The van der Waals surface area contributed by atoms with E-state index in [1.165, 1.54) is 16.7 Å². The quantitative estimate of drug-likeness (QED) is 0.708. The fourth-order valence-corrected chi connectivity index (χ4v) is 4.06. The van der Waals surface area contributed by atoms with E-state index < -0.39 is 5.60 Å². The Hall–Kier alpha value is -2.30. The molecule has 1 aromatic rings. The van der Waals surface area contributed by atoms with Gasteiger partial charge in [0.2, 0.25) is 5.91 Å². The average molecular weight is 385 g/mol. The Bertz CT molecular complexity index is 807. The summed E-state index contributed by atoms with van der Waals surface area (Å²) in [5, 5.41) is 0. The van der Waals surface area contributed by atoms with Crippen LogP contribution in [-0.2, 0) is 16.0 Å². The van der Waals surface area contributed by atoms with Crippen molar-refractivity contribution in [2.45, 2.75) is 66.0 Å². The molecule has 2 atom stereocenters. The van der Waals surface area contributed by atoms with Crippen molar-refractivity contribution in [3.05, 3.63) is 35.4 Å². The van der Waals surface area contributed by atoms with Crippen LogP contribution in [0, 0.1) is 5.92 Å². The van der Waals surface area contributed by atoms with Crippen LogP contribution in [0.1, 0.15) is 59.1 Å². The summed E-state index contributed by atoms with van der Waals surface area (Å²) in [6.07, 6.45) is 3.65. The van der Waals surface area contributed by atoms with E-state index in [2.05, 4.69) is 38.1 Å². The molecule has 0 spiro atoms. The van der Waals surface area contributed by atoms with Gasteiger partial charge in [-0.3, -0.25) is 4.79 Å². The van der Waals surface area contributed by atoms with Crippen LogP contribution in [0.5, 0.6) is 0 Å². The van der Waals surface area contributed by atoms with Crippen LogP contribution in [0.3, 0.4) is 0 Å². The number of amides is 2. The average Bonchev–Trinajstić information content (AvgIpc) is 2.60. The zero-order chi connectivity index (χ0) is 20.6. The second-order valence-corrected chi connectivity index (χ2v) is 9.06. The van der Waals surface area contributed by atoms with E-state index in [1.807, 2.05) is 25.7 Å². The van der Waals surface area contributed by atoms with Gasteiger partial charge in [0.25, 0.3) is 0 Å². The smallest absolute Gasteiger partial charge is 0.410 e. The van der Waals surface area contributed by atoms with Crippen molar-refractivity contribution in [3.63, 3.8) is 0 Å². The van der Waals surface area contributed by atoms with E-state index in [4.69, 9.17) is 4.74 Å². The molecular formula is C23H32N2O3. The summed E-state index contributed by atoms with van der Waals surface area (Å²) >= 11 is 0. The van der Waals surface area contributed by atoms with Gasteiger partial charge in [-0.15, -0.1) is 0 Å². The number of rotatable bonds is 1. The van der Waals surface area contributed by atoms with Crippen molar-refractivity contribution < 1.29 is 14.3 Å². The van der Waals surface area contributed by atoms with Crippen LogP contribution >= 0.6 is 0 Å². The Morgan fingerprint density at radius 1 is 1.18 bits per heavy atom. The fraction of sp³-hybridized carbons (Fsp3) is 0.565. The molecule has 152 valence electrons. The number of nitrogens with zero attached hydrogens (tertiary/aromatic N) is 2. The highest BCUT2D eigenvalue weighted by Gasteiger charge is 2.31. The number of ether oxygens (including phenoxy) is 1. The lowest BCUT2D eigenvalue weighted by Gasteiger charge is -2.39. The van der Waals surface area contributed by atoms with Crippen LogP contribution in [0.4, 0.5) is 10.5 Å². The van der Waals surface area contributed by atoms with Gasteiger partial charge in [-0.2, -0.15) is 0 Å². The minimum atomic E-state index is -0.476. The van der Waals surface area contributed by atoms with Crippen LogP contribution < -0.4 is 4.90 Å². The highest BCUT2D eigenvalue weighted by atomic mass is 16.6. The van der Waals surface area contributed by atoms with Crippen molar-refractivity contribution in [2.75, 3.05) is 18.0 Å². The number of carbonyl (C=O) groups is 2. The minimum absolute atomic E-state index is 0.0953. The molecule has 5 nitrogen and oxygen atoms in total. The molecule has 0 aromatic heterocycles. The summed E-state index contributed by atoms with van der Waals surface area (Å²) in [7, 11) is 0. The first-order valence-electron chi connectivity index (χ1n) is 10.2. The molecule has 28 heavy (non-hydrogen) atoms. The van der Waals surface area contributed by atoms with Crippen LogP contribution in [0.15, 0.2) is 24.3 Å². The maximum Gasteiger partial charge on any atom is 0.410 e. The summed E-state index contributed by atoms with van der Waals surface area (Å²) < 4.78 is 5.47. The molecule has 2 heterocycles. The number of anilines is 1. The third kappa shape index (κ3) is 4.23. The first-order chi connectivity index (χ1) is 13.1. The van der Waals surface area contributed by atoms with Gasteiger partial charge >= 0.3 is 6.09 Å². The fourth-order valence-electron chi connectivity index (χ4n) is 4.06. The third-order valence-corrected chi connectivity index (χ3v) is 5.68. The lowest BCUT2D eigenvalue weighted by Crippen LogP contribution is -2.45. The van der Waals surface area contributed by atoms with Crippen molar-refractivity contribution in [2.24, 2.45) is 5.92 Å². The van der Waals surface area contributed by atoms with E-state index in [0.29, 0.717) is 19.0 Å². The molecule has 3 rings (SSSR count). The lowest BCUT2D eigenvalue weighted by molar-refractivity contribution is -0.117. The minimum Gasteiger partial charge on any atom is -0.444 e. The normalized spacial score (nSPS) is 22.4. The Morgan fingerprint density at radius 3 is 2.46 bits per heavy atom. The molecule has 1 aromatic carbocycles. The number of hydrogen-bond acceptors (Lipinski definition) is 3. The van der Waals surface area contributed by atoms with Gasteiger partial charge in [-0.1, -0.05) is 19.1 Å². The second-order valence-electron chi connectivity index (χ2n) is 9.06. The summed E-state index contributed by atoms with van der Waals surface area (Å²) in [6.45, 7) is 12.8. The Kier molecular flexibility index (Phi) is 5.55. The highest BCUT2D eigenvalue weighted by molar-refractivity contribution is 5.94. The summed E-state index contributed by atoms with van der Waals surface area (Å²) in [5.74, 6) is 0.521. The third-order valence-electron chi connectivity index (χ3n) is 5.68. The molecule has 0 bridgehead atoms. The van der Waals surface area contributed by atoms with Gasteiger partial charge in [0.1, 0.15) is 5.60 Å². The molecule has 2 aliphatic rings. The topological polar surface area (TPSA) is 49.9 Å². The van der Waals surface area contributed by atoms with E-state index in [0.717, 1.165) is 18.5 Å². The lowest BCUT2D eigenvalue weighted by atomic mass is 9.85. The molecule has 2 amide bonds. The molecule has 0 saturated heterocycles. The predicted octanol–water partition coefficient (Wildman–Crippen LogP) is 4.64. The van der Waals surface area contributed by atoms with Gasteiger partial charge in [0.05, 0.1) is 0 Å². The summed E-state index contributed by atoms with van der Waals surface area (Å²) in [5.41, 5.74) is 4.23. The second kappa shape index (κ2) is 7.61. The number of fused-ring (bicyclic) bond motifs is 1. The number of benzene rings is 1. The van der Waals surface area contributed by atoms with Crippen molar-refractivity contribution >= 4 is 23.3 Å². The van der Waals surface area contributed by atoms with Crippen molar-refractivity contribution in [3.8, 4) is 0 Å². The molecular weight excluding hydrogens is 352 g/mol. The number of carbonyl (C=O) groups excluding carboxylic acids is 2.